The smallest absolute Gasteiger partial charge is 0.226 e. The summed E-state index contributed by atoms with van der Waals surface area (Å²) in [6.45, 7) is 1.92. The van der Waals surface area contributed by atoms with Crippen LogP contribution in [-0.4, -0.2) is 35.5 Å². The summed E-state index contributed by atoms with van der Waals surface area (Å²) in [4.78, 5) is 12.4. The molecular weight excluding hydrogens is 356 g/mol. The van der Waals surface area contributed by atoms with Gasteiger partial charge in [0.15, 0.2) is 11.5 Å². The minimum atomic E-state index is -0.135. The second kappa shape index (κ2) is 5.99. The molecule has 9 nitrogen and oxygen atoms in total. The zero-order valence-electron chi connectivity index (χ0n) is 14.9. The Hall–Kier alpha value is -4.06. The average molecular weight is 370 g/mol. The molecule has 4 aromatic rings. The van der Waals surface area contributed by atoms with Gasteiger partial charge in [-0.2, -0.15) is 19.6 Å². The first-order valence-corrected chi connectivity index (χ1v) is 8.71. The molecule has 1 aromatic carbocycles. The highest BCUT2D eigenvalue weighted by atomic mass is 16.1. The molecule has 28 heavy (non-hydrogen) atoms. The SMILES string of the molecule is Cc1nn(-c2ccc3nncn3n2)c2c1C(c1ccc(C#N)cc1)CC(=O)N2. The van der Waals surface area contributed by atoms with Crippen LogP contribution in [0.1, 0.15) is 34.7 Å². The van der Waals surface area contributed by atoms with E-state index in [0.717, 1.165) is 16.8 Å². The molecule has 0 aliphatic carbocycles. The van der Waals surface area contributed by atoms with E-state index in [1.54, 1.807) is 33.5 Å². The normalized spacial score (nSPS) is 15.9. The number of aromatic nitrogens is 6. The lowest BCUT2D eigenvalue weighted by Gasteiger charge is -2.24. The lowest BCUT2D eigenvalue weighted by atomic mass is 9.85. The molecule has 1 N–H and O–H groups in total. The number of benzene rings is 1. The van der Waals surface area contributed by atoms with Gasteiger partial charge in [-0.15, -0.1) is 15.3 Å². The number of nitrogens with zero attached hydrogens (tertiary/aromatic N) is 7. The van der Waals surface area contributed by atoms with E-state index < -0.39 is 0 Å². The molecule has 4 heterocycles. The van der Waals surface area contributed by atoms with Crippen LogP contribution >= 0.6 is 0 Å². The van der Waals surface area contributed by atoms with Crippen molar-refractivity contribution in [3.8, 4) is 11.9 Å². The van der Waals surface area contributed by atoms with Crippen LogP contribution in [0.5, 0.6) is 0 Å². The second-order valence-corrected chi connectivity index (χ2v) is 6.62. The zero-order chi connectivity index (χ0) is 19.3. The molecule has 1 unspecified atom stereocenters. The number of nitriles is 1. The molecule has 136 valence electrons. The van der Waals surface area contributed by atoms with Crippen molar-refractivity contribution in [3.63, 3.8) is 0 Å². The first-order chi connectivity index (χ1) is 13.6. The number of carbonyl (C=O) groups excluding carboxylic acids is 1. The Morgan fingerprint density at radius 2 is 2.00 bits per heavy atom. The monoisotopic (exact) mass is 370 g/mol. The average Bonchev–Trinajstić information content (AvgIpc) is 3.31. The number of hydrogen-bond acceptors (Lipinski definition) is 6. The van der Waals surface area contributed by atoms with Crippen LogP contribution in [0.3, 0.4) is 0 Å². The van der Waals surface area contributed by atoms with E-state index in [1.807, 2.05) is 19.1 Å². The van der Waals surface area contributed by atoms with E-state index in [1.165, 1.54) is 6.33 Å². The minimum absolute atomic E-state index is 0.0895. The van der Waals surface area contributed by atoms with Crippen LogP contribution in [0.2, 0.25) is 0 Å². The van der Waals surface area contributed by atoms with Crippen molar-refractivity contribution < 1.29 is 4.79 Å². The summed E-state index contributed by atoms with van der Waals surface area (Å²) in [7, 11) is 0. The van der Waals surface area contributed by atoms with Crippen LogP contribution < -0.4 is 5.32 Å². The standard InChI is InChI=1S/C19H14N8O/c1-11-18-14(13-4-2-12(9-20)3-5-13)8-17(28)22-19(18)27(24-11)16-7-6-15-23-21-10-26(15)25-16/h2-7,10,14H,8H2,1H3,(H,22,28). The van der Waals surface area contributed by atoms with Crippen LogP contribution in [0.15, 0.2) is 42.7 Å². The number of nitrogens with one attached hydrogen (secondary N) is 1. The van der Waals surface area contributed by atoms with Gasteiger partial charge in [-0.3, -0.25) is 4.79 Å². The van der Waals surface area contributed by atoms with Crippen LogP contribution in [0.4, 0.5) is 5.82 Å². The topological polar surface area (TPSA) is 114 Å². The predicted octanol–water partition coefficient (Wildman–Crippen LogP) is 1.96. The third-order valence-corrected chi connectivity index (χ3v) is 4.91. The van der Waals surface area contributed by atoms with Gasteiger partial charge in [0.1, 0.15) is 12.1 Å². The Morgan fingerprint density at radius 1 is 1.18 bits per heavy atom. The summed E-state index contributed by atoms with van der Waals surface area (Å²) in [5, 5.41) is 28.9. The molecule has 0 saturated carbocycles. The lowest BCUT2D eigenvalue weighted by molar-refractivity contribution is -0.116. The molecule has 0 spiro atoms. The van der Waals surface area contributed by atoms with Crippen LogP contribution in [-0.2, 0) is 4.79 Å². The van der Waals surface area contributed by atoms with E-state index >= 15 is 0 Å². The van der Waals surface area contributed by atoms with Gasteiger partial charge < -0.3 is 5.32 Å². The minimum Gasteiger partial charge on any atom is -0.310 e. The number of hydrogen-bond donors (Lipinski definition) is 1. The van der Waals surface area contributed by atoms with Gasteiger partial charge in [-0.1, -0.05) is 12.1 Å². The molecule has 0 bridgehead atoms. The van der Waals surface area contributed by atoms with Gasteiger partial charge >= 0.3 is 0 Å². The number of aryl methyl sites for hydroxylation is 1. The molecule has 3 aromatic heterocycles. The molecule has 5 rings (SSSR count). The summed E-state index contributed by atoms with van der Waals surface area (Å²) < 4.78 is 3.19. The first-order valence-electron chi connectivity index (χ1n) is 8.71. The van der Waals surface area contributed by atoms with E-state index in [-0.39, 0.29) is 11.8 Å². The molecule has 1 aliphatic rings. The highest BCUT2D eigenvalue weighted by Crippen LogP contribution is 2.40. The fourth-order valence-electron chi connectivity index (χ4n) is 3.62. The van der Waals surface area contributed by atoms with Gasteiger partial charge in [0.25, 0.3) is 0 Å². The Bertz CT molecular complexity index is 1260. The van der Waals surface area contributed by atoms with Gasteiger partial charge in [-0.05, 0) is 36.8 Å². The maximum absolute atomic E-state index is 12.4. The molecule has 1 amide bonds. The third-order valence-electron chi connectivity index (χ3n) is 4.91. The van der Waals surface area contributed by atoms with Crippen molar-refractivity contribution in [1.29, 1.82) is 5.26 Å². The Labute approximate surface area is 159 Å². The highest BCUT2D eigenvalue weighted by Gasteiger charge is 2.33. The fourth-order valence-corrected chi connectivity index (χ4v) is 3.62. The highest BCUT2D eigenvalue weighted by molar-refractivity contribution is 5.95. The molecule has 0 fully saturated rings. The van der Waals surface area contributed by atoms with Crippen molar-refractivity contribution >= 4 is 17.4 Å². The molecule has 9 heteroatoms. The molecular formula is C19H14N8O. The van der Waals surface area contributed by atoms with Gasteiger partial charge in [0.2, 0.25) is 5.91 Å². The van der Waals surface area contributed by atoms with Crippen LogP contribution in [0, 0.1) is 18.3 Å². The van der Waals surface area contributed by atoms with Crippen molar-refractivity contribution in [3.05, 3.63) is 65.1 Å². The molecule has 1 atom stereocenters. The summed E-state index contributed by atoms with van der Waals surface area (Å²) in [5.74, 6) is 0.942. The van der Waals surface area contributed by atoms with Gasteiger partial charge in [-0.25, -0.2) is 0 Å². The maximum atomic E-state index is 12.4. The van der Waals surface area contributed by atoms with E-state index in [0.29, 0.717) is 29.3 Å². The largest absolute Gasteiger partial charge is 0.310 e. The van der Waals surface area contributed by atoms with Gasteiger partial charge in [0.05, 0.1) is 17.3 Å². The van der Waals surface area contributed by atoms with Crippen molar-refractivity contribution in [2.45, 2.75) is 19.3 Å². The van der Waals surface area contributed by atoms with E-state index in [4.69, 9.17) is 5.26 Å². The summed E-state index contributed by atoms with van der Waals surface area (Å²) in [6, 6.07) is 13.0. The predicted molar refractivity (Wildman–Crippen MR) is 98.9 cm³/mol. The number of anilines is 1. The Morgan fingerprint density at radius 3 is 2.79 bits per heavy atom. The molecule has 0 saturated heterocycles. The number of amides is 1. The van der Waals surface area contributed by atoms with Crippen molar-refractivity contribution in [1.82, 2.24) is 29.6 Å². The van der Waals surface area contributed by atoms with E-state index in [9.17, 15) is 4.79 Å². The van der Waals surface area contributed by atoms with Gasteiger partial charge in [0, 0.05) is 17.9 Å². The van der Waals surface area contributed by atoms with E-state index in [2.05, 4.69) is 31.8 Å². The lowest BCUT2D eigenvalue weighted by Crippen LogP contribution is -2.25. The molecule has 0 radical (unpaired) electrons. The Kier molecular flexibility index (Phi) is 3.45. The summed E-state index contributed by atoms with van der Waals surface area (Å²) >= 11 is 0. The third kappa shape index (κ3) is 2.43. The summed E-state index contributed by atoms with van der Waals surface area (Å²) in [5.41, 5.74) is 3.95. The fraction of sp³-hybridized carbons (Fsp3) is 0.158. The summed E-state index contributed by atoms with van der Waals surface area (Å²) in [6.07, 6.45) is 1.84. The number of carbonyl (C=O) groups is 1. The maximum Gasteiger partial charge on any atom is 0.226 e. The molecule has 1 aliphatic heterocycles. The Balaban J connectivity index is 1.65. The second-order valence-electron chi connectivity index (χ2n) is 6.62. The zero-order valence-corrected chi connectivity index (χ0v) is 14.9. The van der Waals surface area contributed by atoms with Crippen molar-refractivity contribution in [2.24, 2.45) is 0 Å². The first kappa shape index (κ1) is 16.1. The quantitative estimate of drug-likeness (QED) is 0.577. The number of rotatable bonds is 2. The van der Waals surface area contributed by atoms with Crippen molar-refractivity contribution in [2.75, 3.05) is 5.32 Å². The van der Waals surface area contributed by atoms with Crippen LogP contribution in [0.25, 0.3) is 11.5 Å². The number of fused-ring (bicyclic) bond motifs is 2.